The van der Waals surface area contributed by atoms with E-state index in [9.17, 15) is 14.4 Å². The van der Waals surface area contributed by atoms with E-state index in [4.69, 9.17) is 30.5 Å². The molecule has 45 heavy (non-hydrogen) atoms. The molecule has 0 radical (unpaired) electrons. The van der Waals surface area contributed by atoms with Crippen molar-refractivity contribution in [3.63, 3.8) is 0 Å². The summed E-state index contributed by atoms with van der Waals surface area (Å²) in [5, 5.41) is 9.95. The summed E-state index contributed by atoms with van der Waals surface area (Å²) in [5.41, 5.74) is 5.18. The number of carbonyl (C=O) groups is 3. The molecule has 1 aliphatic rings. The number of ether oxygens (including phenoxy) is 4. The van der Waals surface area contributed by atoms with Crippen molar-refractivity contribution in [1.82, 2.24) is 16.1 Å². The van der Waals surface area contributed by atoms with E-state index in [1.54, 1.807) is 50.2 Å². The van der Waals surface area contributed by atoms with Gasteiger partial charge < -0.3 is 29.6 Å². The molecule has 4 rings (SSSR count). The Morgan fingerprint density at radius 2 is 1.80 bits per heavy atom. The Balaban J connectivity index is 1.36. The maximum Gasteiger partial charge on any atom is 0.338 e. The lowest BCUT2D eigenvalue weighted by Crippen LogP contribution is -2.45. The minimum atomic E-state index is -0.776. The lowest BCUT2D eigenvalue weighted by Gasteiger charge is -2.28. The summed E-state index contributed by atoms with van der Waals surface area (Å²) in [6, 6.07) is 14.6. The fraction of sp³-hybridized carbons (Fsp3) is 0.226. The van der Waals surface area contributed by atoms with Crippen molar-refractivity contribution in [3.8, 4) is 17.2 Å². The molecule has 3 aromatic rings. The standard InChI is InChI=1S/C31H29Br2ClN4O7/c1-4-43-30(40)27-17(2)36-31(41)37-28(27)19-9-10-24(25(13-19)42-3)44-16-26(39)38-35-14-18-11-21(32)29(22(33)12-18)45-15-20-7-5-6-8-23(20)34/h5-14,28H,4,15-16H2,1-3H3,(H,38,39)(H2,36,37,41)/b35-14-/t28-/m0/s1. The molecule has 11 nitrogen and oxygen atoms in total. The third kappa shape index (κ3) is 8.77. The van der Waals surface area contributed by atoms with Crippen LogP contribution in [-0.4, -0.2) is 44.4 Å². The predicted octanol–water partition coefficient (Wildman–Crippen LogP) is 6.17. The number of nitrogens with one attached hydrogen (secondary N) is 3. The molecular weight excluding hydrogens is 736 g/mol. The first kappa shape index (κ1) is 33.8. The van der Waals surface area contributed by atoms with Gasteiger partial charge in [-0.1, -0.05) is 35.9 Å². The van der Waals surface area contributed by atoms with E-state index < -0.39 is 23.9 Å². The number of methoxy groups -OCH3 is 1. The second-order valence-corrected chi connectivity index (χ2v) is 11.6. The van der Waals surface area contributed by atoms with Gasteiger partial charge >= 0.3 is 12.0 Å². The van der Waals surface area contributed by atoms with Crippen LogP contribution in [0, 0.1) is 0 Å². The van der Waals surface area contributed by atoms with Gasteiger partial charge in [-0.3, -0.25) is 4.79 Å². The Morgan fingerprint density at radius 1 is 1.07 bits per heavy atom. The number of hydrogen-bond acceptors (Lipinski definition) is 8. The normalized spacial score (nSPS) is 14.4. The van der Waals surface area contributed by atoms with Crippen LogP contribution in [0.3, 0.4) is 0 Å². The zero-order chi connectivity index (χ0) is 32.5. The Morgan fingerprint density at radius 3 is 2.49 bits per heavy atom. The molecule has 236 valence electrons. The summed E-state index contributed by atoms with van der Waals surface area (Å²) in [5.74, 6) is 0.101. The van der Waals surface area contributed by atoms with Crippen molar-refractivity contribution in [2.45, 2.75) is 26.5 Å². The van der Waals surface area contributed by atoms with Gasteiger partial charge in [0.25, 0.3) is 5.91 Å². The number of allylic oxidation sites excluding steroid dienone is 1. The van der Waals surface area contributed by atoms with E-state index in [-0.39, 0.29) is 31.1 Å². The van der Waals surface area contributed by atoms with E-state index in [2.05, 4.69) is 53.0 Å². The van der Waals surface area contributed by atoms with Crippen LogP contribution in [0.2, 0.25) is 5.02 Å². The topological polar surface area (TPSA) is 137 Å². The van der Waals surface area contributed by atoms with Crippen LogP contribution in [0.4, 0.5) is 4.79 Å². The van der Waals surface area contributed by atoms with Crippen LogP contribution >= 0.6 is 43.5 Å². The van der Waals surface area contributed by atoms with Crippen LogP contribution in [0.1, 0.15) is 36.6 Å². The summed E-state index contributed by atoms with van der Waals surface area (Å²) in [4.78, 5) is 37.2. The number of halogens is 3. The van der Waals surface area contributed by atoms with E-state index >= 15 is 0 Å². The molecule has 1 aliphatic heterocycles. The van der Waals surface area contributed by atoms with Crippen LogP contribution < -0.4 is 30.3 Å². The Hall–Kier alpha value is -4.07. The van der Waals surface area contributed by atoms with E-state index in [0.717, 1.165) is 5.56 Å². The van der Waals surface area contributed by atoms with E-state index in [1.807, 2.05) is 18.2 Å². The van der Waals surface area contributed by atoms with Gasteiger partial charge in [-0.05, 0) is 87.2 Å². The summed E-state index contributed by atoms with van der Waals surface area (Å²) in [6.07, 6.45) is 1.48. The largest absolute Gasteiger partial charge is 0.493 e. The molecule has 0 spiro atoms. The summed E-state index contributed by atoms with van der Waals surface area (Å²) in [7, 11) is 1.44. The van der Waals surface area contributed by atoms with Crippen LogP contribution in [0.25, 0.3) is 0 Å². The highest BCUT2D eigenvalue weighted by atomic mass is 79.9. The van der Waals surface area contributed by atoms with Gasteiger partial charge in [0.05, 0.1) is 40.5 Å². The molecule has 3 N–H and O–H groups in total. The first-order valence-electron chi connectivity index (χ1n) is 13.5. The van der Waals surface area contributed by atoms with Crippen molar-refractivity contribution >= 4 is 67.6 Å². The molecule has 0 aromatic heterocycles. The molecule has 3 aromatic carbocycles. The molecule has 0 saturated carbocycles. The Bertz CT molecular complexity index is 1640. The molecule has 0 unspecified atom stereocenters. The van der Waals surface area contributed by atoms with Crippen LogP contribution in [0.15, 0.2) is 79.9 Å². The zero-order valence-corrected chi connectivity index (χ0v) is 28.3. The number of esters is 1. The van der Waals surface area contributed by atoms with Crippen molar-refractivity contribution in [1.29, 1.82) is 0 Å². The fourth-order valence-electron chi connectivity index (χ4n) is 4.32. The highest BCUT2D eigenvalue weighted by Gasteiger charge is 2.32. The summed E-state index contributed by atoms with van der Waals surface area (Å²) in [6.45, 7) is 3.43. The van der Waals surface area contributed by atoms with Gasteiger partial charge in [0.1, 0.15) is 12.4 Å². The average Bonchev–Trinajstić information content (AvgIpc) is 3.00. The van der Waals surface area contributed by atoms with Crippen molar-refractivity contribution in [2.24, 2.45) is 5.10 Å². The number of benzene rings is 3. The van der Waals surface area contributed by atoms with E-state index in [0.29, 0.717) is 42.3 Å². The number of carbonyl (C=O) groups excluding carboxylic acids is 3. The van der Waals surface area contributed by atoms with Crippen LogP contribution in [-0.2, 0) is 20.9 Å². The third-order valence-corrected chi connectivity index (χ3v) is 7.94. The monoisotopic (exact) mass is 762 g/mol. The van der Waals surface area contributed by atoms with Crippen molar-refractivity contribution < 1.29 is 33.3 Å². The van der Waals surface area contributed by atoms with Crippen molar-refractivity contribution in [2.75, 3.05) is 20.3 Å². The summed E-state index contributed by atoms with van der Waals surface area (Å²) < 4.78 is 23.6. The molecule has 1 atom stereocenters. The third-order valence-electron chi connectivity index (χ3n) is 6.40. The molecule has 14 heteroatoms. The minimum Gasteiger partial charge on any atom is -0.493 e. The lowest BCUT2D eigenvalue weighted by atomic mass is 9.95. The van der Waals surface area contributed by atoms with Gasteiger partial charge in [0.15, 0.2) is 18.1 Å². The number of hydrazone groups is 1. The van der Waals surface area contributed by atoms with Gasteiger partial charge in [-0.2, -0.15) is 5.10 Å². The lowest BCUT2D eigenvalue weighted by molar-refractivity contribution is -0.139. The smallest absolute Gasteiger partial charge is 0.338 e. The quantitative estimate of drug-likeness (QED) is 0.114. The number of urea groups is 1. The second kappa shape index (κ2) is 15.8. The first-order valence-corrected chi connectivity index (χ1v) is 15.5. The maximum atomic E-state index is 12.6. The summed E-state index contributed by atoms with van der Waals surface area (Å²) >= 11 is 13.2. The molecule has 0 saturated heterocycles. The Kier molecular flexibility index (Phi) is 11.9. The number of hydrogen-bond donors (Lipinski definition) is 3. The van der Waals surface area contributed by atoms with Gasteiger partial charge in [0, 0.05) is 16.3 Å². The zero-order valence-electron chi connectivity index (χ0n) is 24.4. The predicted molar refractivity (Wildman–Crippen MR) is 176 cm³/mol. The molecule has 0 bridgehead atoms. The maximum absolute atomic E-state index is 12.6. The SMILES string of the molecule is CCOC(=O)C1=C(C)NC(=O)N[C@H]1c1ccc(OCC(=O)N/N=C\c2cc(Br)c(OCc3ccccc3Cl)c(Br)c2)c(OC)c1. The first-order chi connectivity index (χ1) is 21.6. The number of nitrogens with zero attached hydrogens (tertiary/aromatic N) is 1. The molecule has 1 heterocycles. The van der Waals surface area contributed by atoms with E-state index in [1.165, 1.54) is 13.3 Å². The number of rotatable bonds is 12. The van der Waals surface area contributed by atoms with Gasteiger partial charge in [-0.25, -0.2) is 15.0 Å². The molecule has 0 aliphatic carbocycles. The van der Waals surface area contributed by atoms with Crippen LogP contribution in [0.5, 0.6) is 17.2 Å². The van der Waals surface area contributed by atoms with Gasteiger partial charge in [-0.15, -0.1) is 0 Å². The fourth-order valence-corrected chi connectivity index (χ4v) is 5.96. The second-order valence-electron chi connectivity index (χ2n) is 9.48. The highest BCUT2D eigenvalue weighted by Crippen LogP contribution is 2.36. The highest BCUT2D eigenvalue weighted by molar-refractivity contribution is 9.11. The number of amides is 3. The van der Waals surface area contributed by atoms with Gasteiger partial charge in [0.2, 0.25) is 0 Å². The molecule has 0 fully saturated rings. The minimum absolute atomic E-state index is 0.181. The average molecular weight is 765 g/mol. The van der Waals surface area contributed by atoms with Crippen molar-refractivity contribution in [3.05, 3.63) is 96.5 Å². The molecular formula is C31H29Br2ClN4O7. The Labute approximate surface area is 281 Å². The molecule has 3 amide bonds.